The molecule has 0 radical (unpaired) electrons. The van der Waals surface area contributed by atoms with Crippen LogP contribution in [0.25, 0.3) is 0 Å². The Morgan fingerprint density at radius 2 is 1.95 bits per heavy atom. The summed E-state index contributed by atoms with van der Waals surface area (Å²) in [5.74, 6) is 0.833. The second-order valence-corrected chi connectivity index (χ2v) is 10.7. The van der Waals surface area contributed by atoms with Crippen LogP contribution in [0, 0.1) is 11.8 Å². The zero-order valence-corrected chi connectivity index (χ0v) is 15.3. The molecule has 1 heterocycles. The van der Waals surface area contributed by atoms with Gasteiger partial charge in [-0.3, -0.25) is 4.57 Å². The Kier molecular flexibility index (Phi) is 6.61. The lowest BCUT2D eigenvalue weighted by Gasteiger charge is -2.26. The van der Waals surface area contributed by atoms with Gasteiger partial charge in [0, 0.05) is 10.8 Å². The lowest BCUT2D eigenvalue weighted by Crippen LogP contribution is -2.39. The van der Waals surface area contributed by atoms with E-state index in [4.69, 9.17) is 4.52 Å². The average Bonchev–Trinajstić information content (AvgIpc) is 2.60. The Bertz CT molecular complexity index is 360. The highest BCUT2D eigenvalue weighted by Gasteiger charge is 2.42. The molecule has 0 amide bonds. The van der Waals surface area contributed by atoms with Crippen molar-refractivity contribution in [2.24, 2.45) is 11.8 Å². The summed E-state index contributed by atoms with van der Waals surface area (Å²) in [4.78, 5) is 9.87. The summed E-state index contributed by atoms with van der Waals surface area (Å²) < 4.78 is 17.3. The maximum absolute atomic E-state index is 12.0. The SMILES string of the molecule is CC(C)COP(=O)(O)CCC1NC(C(C)C)SC1(C)C. The highest BCUT2D eigenvalue weighted by molar-refractivity contribution is 8.01. The van der Waals surface area contributed by atoms with Gasteiger partial charge in [0.25, 0.3) is 0 Å². The fourth-order valence-electron chi connectivity index (χ4n) is 2.22. The first-order valence-corrected chi connectivity index (χ1v) is 10.1. The molecular weight excluding hydrogens is 293 g/mol. The Morgan fingerprint density at radius 1 is 1.35 bits per heavy atom. The molecule has 1 saturated heterocycles. The quantitative estimate of drug-likeness (QED) is 0.700. The standard InChI is InChI=1S/C14H30NO3PS/c1-10(2)9-18-19(16,17)8-7-12-14(5,6)20-13(15-12)11(3)4/h10-13,15H,7-9H2,1-6H3,(H,16,17). The fourth-order valence-corrected chi connectivity index (χ4v) is 4.98. The summed E-state index contributed by atoms with van der Waals surface area (Å²) in [6.07, 6.45) is 0.904. The second-order valence-electron chi connectivity index (χ2n) is 6.94. The highest BCUT2D eigenvalue weighted by Crippen LogP contribution is 2.47. The minimum atomic E-state index is -3.45. The van der Waals surface area contributed by atoms with E-state index in [0.717, 1.165) is 0 Å². The maximum Gasteiger partial charge on any atom is 0.328 e. The summed E-state index contributed by atoms with van der Waals surface area (Å²) >= 11 is 1.93. The number of nitrogens with one attached hydrogen (secondary N) is 1. The molecule has 4 nitrogen and oxygen atoms in total. The van der Waals surface area contributed by atoms with Crippen molar-refractivity contribution < 1.29 is 14.0 Å². The predicted octanol–water partition coefficient (Wildman–Crippen LogP) is 3.70. The molecule has 1 aliphatic rings. The van der Waals surface area contributed by atoms with Gasteiger partial charge in [-0.15, -0.1) is 11.8 Å². The van der Waals surface area contributed by atoms with Crippen LogP contribution in [-0.2, 0) is 9.09 Å². The van der Waals surface area contributed by atoms with Gasteiger partial charge in [-0.05, 0) is 32.1 Å². The minimum absolute atomic E-state index is 0.0903. The first kappa shape index (κ1) is 18.5. The van der Waals surface area contributed by atoms with Crippen molar-refractivity contribution in [3.63, 3.8) is 0 Å². The molecule has 0 aromatic rings. The number of thioether (sulfide) groups is 1. The van der Waals surface area contributed by atoms with Crippen molar-refractivity contribution in [2.45, 2.75) is 64.1 Å². The van der Waals surface area contributed by atoms with Gasteiger partial charge < -0.3 is 14.7 Å². The predicted molar refractivity (Wildman–Crippen MR) is 87.3 cm³/mol. The summed E-state index contributed by atoms with van der Waals surface area (Å²) in [5.41, 5.74) is 0. The normalized spacial score (nSPS) is 29.1. The third kappa shape index (κ3) is 5.69. The smallest absolute Gasteiger partial charge is 0.324 e. The zero-order valence-electron chi connectivity index (χ0n) is 13.5. The zero-order chi connectivity index (χ0) is 15.6. The monoisotopic (exact) mass is 323 g/mol. The molecule has 0 aliphatic carbocycles. The first-order valence-electron chi connectivity index (χ1n) is 7.44. The van der Waals surface area contributed by atoms with Gasteiger partial charge in [0.2, 0.25) is 0 Å². The molecule has 1 aliphatic heterocycles. The van der Waals surface area contributed by atoms with Gasteiger partial charge in [0.05, 0.1) is 18.1 Å². The fraction of sp³-hybridized carbons (Fsp3) is 1.00. The molecule has 2 N–H and O–H groups in total. The molecule has 3 atom stereocenters. The number of hydrogen-bond acceptors (Lipinski definition) is 4. The van der Waals surface area contributed by atoms with Crippen LogP contribution >= 0.6 is 19.4 Å². The highest BCUT2D eigenvalue weighted by atomic mass is 32.2. The van der Waals surface area contributed by atoms with Crippen LogP contribution in [0.2, 0.25) is 0 Å². The molecular formula is C14H30NO3PS. The van der Waals surface area contributed by atoms with Gasteiger partial charge >= 0.3 is 7.60 Å². The summed E-state index contributed by atoms with van der Waals surface area (Å²) in [5, 5.41) is 4.01. The second kappa shape index (κ2) is 7.15. The van der Waals surface area contributed by atoms with Gasteiger partial charge in [-0.25, -0.2) is 0 Å². The summed E-state index contributed by atoms with van der Waals surface area (Å²) in [6.45, 7) is 13.1. The lowest BCUT2D eigenvalue weighted by atomic mass is 10.0. The van der Waals surface area contributed by atoms with Crippen LogP contribution in [-0.4, -0.2) is 33.8 Å². The van der Waals surface area contributed by atoms with Gasteiger partial charge in [-0.1, -0.05) is 27.7 Å². The van der Waals surface area contributed by atoms with Crippen molar-refractivity contribution >= 4 is 19.4 Å². The molecule has 1 fully saturated rings. The van der Waals surface area contributed by atoms with E-state index >= 15 is 0 Å². The van der Waals surface area contributed by atoms with E-state index in [2.05, 4.69) is 33.0 Å². The molecule has 0 aromatic carbocycles. The lowest BCUT2D eigenvalue weighted by molar-refractivity contribution is 0.227. The van der Waals surface area contributed by atoms with Crippen LogP contribution < -0.4 is 5.32 Å². The van der Waals surface area contributed by atoms with Gasteiger partial charge in [-0.2, -0.15) is 0 Å². The van der Waals surface area contributed by atoms with E-state index < -0.39 is 7.60 Å². The van der Waals surface area contributed by atoms with Crippen molar-refractivity contribution in [3.8, 4) is 0 Å². The van der Waals surface area contributed by atoms with Crippen molar-refractivity contribution in [1.82, 2.24) is 5.32 Å². The van der Waals surface area contributed by atoms with Gasteiger partial charge in [0.15, 0.2) is 0 Å². The molecule has 3 unspecified atom stereocenters. The summed E-state index contributed by atoms with van der Waals surface area (Å²) in [6, 6.07) is 0.253. The van der Waals surface area contributed by atoms with E-state index in [1.807, 2.05) is 25.6 Å². The molecule has 0 spiro atoms. The molecule has 20 heavy (non-hydrogen) atoms. The molecule has 120 valence electrons. The molecule has 0 saturated carbocycles. The van der Waals surface area contributed by atoms with Crippen LogP contribution in [0.1, 0.15) is 48.0 Å². The summed E-state index contributed by atoms with van der Waals surface area (Å²) in [7, 11) is -3.45. The minimum Gasteiger partial charge on any atom is -0.324 e. The van der Waals surface area contributed by atoms with Crippen LogP contribution in [0.5, 0.6) is 0 Å². The topological polar surface area (TPSA) is 58.6 Å². The van der Waals surface area contributed by atoms with Crippen molar-refractivity contribution in [2.75, 3.05) is 12.8 Å². The van der Waals surface area contributed by atoms with E-state index in [0.29, 0.717) is 24.3 Å². The Labute approximate surface area is 128 Å². The van der Waals surface area contributed by atoms with Crippen LogP contribution in [0.4, 0.5) is 0 Å². The molecule has 6 heteroatoms. The van der Waals surface area contributed by atoms with E-state index in [1.165, 1.54) is 0 Å². The van der Waals surface area contributed by atoms with E-state index in [9.17, 15) is 9.46 Å². The Balaban J connectivity index is 2.50. The van der Waals surface area contributed by atoms with Gasteiger partial charge in [0.1, 0.15) is 0 Å². The third-order valence-corrected chi connectivity index (χ3v) is 6.75. The number of rotatable bonds is 7. The van der Waals surface area contributed by atoms with Crippen molar-refractivity contribution in [1.29, 1.82) is 0 Å². The Morgan fingerprint density at radius 3 is 2.40 bits per heavy atom. The van der Waals surface area contributed by atoms with Crippen LogP contribution in [0.15, 0.2) is 0 Å². The molecule has 0 bridgehead atoms. The Hall–Kier alpha value is 0.460. The largest absolute Gasteiger partial charge is 0.328 e. The molecule has 1 rings (SSSR count). The third-order valence-electron chi connectivity index (χ3n) is 3.55. The van der Waals surface area contributed by atoms with Crippen LogP contribution in [0.3, 0.4) is 0 Å². The van der Waals surface area contributed by atoms with E-state index in [-0.39, 0.29) is 22.9 Å². The molecule has 0 aromatic heterocycles. The maximum atomic E-state index is 12.0. The average molecular weight is 323 g/mol. The first-order chi connectivity index (χ1) is 9.03. The van der Waals surface area contributed by atoms with E-state index in [1.54, 1.807) is 0 Å². The van der Waals surface area contributed by atoms with Crippen molar-refractivity contribution in [3.05, 3.63) is 0 Å². The number of hydrogen-bond donors (Lipinski definition) is 2.